The molecule has 3 N–H and O–H groups in total. The van der Waals surface area contributed by atoms with Crippen molar-refractivity contribution in [1.29, 1.82) is 0 Å². The second-order valence-electron chi connectivity index (χ2n) is 4.82. The summed E-state index contributed by atoms with van der Waals surface area (Å²) in [7, 11) is 0. The zero-order valence-electron chi connectivity index (χ0n) is 11.0. The fourth-order valence-electron chi connectivity index (χ4n) is 2.37. The number of nitrogens with zero attached hydrogens (tertiary/aromatic N) is 2. The van der Waals surface area contributed by atoms with Gasteiger partial charge in [-0.25, -0.2) is 0 Å². The van der Waals surface area contributed by atoms with Gasteiger partial charge in [0.1, 0.15) is 0 Å². The highest BCUT2D eigenvalue weighted by Crippen LogP contribution is 2.34. The van der Waals surface area contributed by atoms with Crippen LogP contribution >= 0.6 is 0 Å². The Hall–Kier alpha value is -1.47. The van der Waals surface area contributed by atoms with Gasteiger partial charge < -0.3 is 15.7 Å². The largest absolute Gasteiger partial charge is 0.416 e. The van der Waals surface area contributed by atoms with E-state index in [-0.39, 0.29) is 12.3 Å². The smallest absolute Gasteiger partial charge is 0.397 e. The number of piperazine rings is 1. The molecule has 7 heteroatoms. The summed E-state index contributed by atoms with van der Waals surface area (Å²) in [6.45, 7) is 3.64. The molecule has 1 saturated heterocycles. The SMILES string of the molecule is Nc1cc(C(F)(F)F)ccc1N1CCN(CCO)CC1. The number of alkyl halides is 3. The van der Waals surface area contributed by atoms with Crippen LogP contribution < -0.4 is 10.6 Å². The highest BCUT2D eigenvalue weighted by molar-refractivity contribution is 5.69. The monoisotopic (exact) mass is 289 g/mol. The van der Waals surface area contributed by atoms with Crippen LogP contribution in [0.2, 0.25) is 0 Å². The van der Waals surface area contributed by atoms with Crippen LogP contribution in [0.3, 0.4) is 0 Å². The first-order chi connectivity index (χ1) is 9.41. The van der Waals surface area contributed by atoms with Crippen molar-refractivity contribution in [2.24, 2.45) is 0 Å². The van der Waals surface area contributed by atoms with Crippen molar-refractivity contribution < 1.29 is 18.3 Å². The summed E-state index contributed by atoms with van der Waals surface area (Å²) in [4.78, 5) is 4.08. The molecule has 0 aromatic heterocycles. The molecule has 1 aliphatic heterocycles. The van der Waals surface area contributed by atoms with Gasteiger partial charge >= 0.3 is 6.18 Å². The van der Waals surface area contributed by atoms with Crippen LogP contribution in [-0.2, 0) is 6.18 Å². The standard InChI is InChI=1S/C13H18F3N3O/c14-13(15,16)10-1-2-12(11(17)9-10)19-5-3-18(4-6-19)7-8-20/h1-2,9,20H,3-8,17H2. The Kier molecular flexibility index (Phi) is 4.39. The number of aliphatic hydroxyl groups is 1. The van der Waals surface area contributed by atoms with E-state index in [0.29, 0.717) is 25.3 Å². The van der Waals surface area contributed by atoms with E-state index in [2.05, 4.69) is 4.90 Å². The lowest BCUT2D eigenvalue weighted by Gasteiger charge is -2.36. The number of β-amino-alcohol motifs (C(OH)–C–C–N with tert-alkyl or cyclic N) is 1. The second kappa shape index (κ2) is 5.88. The van der Waals surface area contributed by atoms with Crippen molar-refractivity contribution in [1.82, 2.24) is 4.90 Å². The number of benzene rings is 1. The fourth-order valence-corrected chi connectivity index (χ4v) is 2.37. The fraction of sp³-hybridized carbons (Fsp3) is 0.538. The number of aliphatic hydroxyl groups excluding tert-OH is 1. The first kappa shape index (κ1) is 14.9. The zero-order valence-corrected chi connectivity index (χ0v) is 11.0. The van der Waals surface area contributed by atoms with Crippen LogP contribution in [0.25, 0.3) is 0 Å². The van der Waals surface area contributed by atoms with Gasteiger partial charge in [-0.2, -0.15) is 13.2 Å². The molecule has 1 heterocycles. The number of anilines is 2. The van der Waals surface area contributed by atoms with Crippen LogP contribution in [0.5, 0.6) is 0 Å². The minimum atomic E-state index is -4.37. The van der Waals surface area contributed by atoms with Gasteiger partial charge in [-0.05, 0) is 18.2 Å². The number of nitrogen functional groups attached to an aromatic ring is 1. The van der Waals surface area contributed by atoms with E-state index in [0.717, 1.165) is 25.2 Å². The molecule has 20 heavy (non-hydrogen) atoms. The summed E-state index contributed by atoms with van der Waals surface area (Å²) in [5.41, 5.74) is 5.81. The van der Waals surface area contributed by atoms with E-state index in [1.165, 1.54) is 6.07 Å². The maximum absolute atomic E-state index is 12.6. The van der Waals surface area contributed by atoms with Gasteiger partial charge in [-0.15, -0.1) is 0 Å². The molecule has 2 rings (SSSR count). The molecular formula is C13H18F3N3O. The van der Waals surface area contributed by atoms with Crippen LogP contribution in [0, 0.1) is 0 Å². The van der Waals surface area contributed by atoms with Crippen LogP contribution in [0.4, 0.5) is 24.5 Å². The third-order valence-electron chi connectivity index (χ3n) is 3.48. The van der Waals surface area contributed by atoms with E-state index in [1.807, 2.05) is 4.90 Å². The molecule has 1 fully saturated rings. The number of hydrogen-bond donors (Lipinski definition) is 2. The van der Waals surface area contributed by atoms with Crippen molar-refractivity contribution in [3.8, 4) is 0 Å². The Morgan fingerprint density at radius 1 is 1.15 bits per heavy atom. The summed E-state index contributed by atoms with van der Waals surface area (Å²) in [5.74, 6) is 0. The molecule has 0 unspecified atom stereocenters. The van der Waals surface area contributed by atoms with Gasteiger partial charge in [0.05, 0.1) is 23.5 Å². The third kappa shape index (κ3) is 3.34. The van der Waals surface area contributed by atoms with E-state index in [9.17, 15) is 13.2 Å². The maximum Gasteiger partial charge on any atom is 0.416 e. The number of rotatable bonds is 3. The maximum atomic E-state index is 12.6. The highest BCUT2D eigenvalue weighted by atomic mass is 19.4. The Labute approximate surface area is 115 Å². The van der Waals surface area contributed by atoms with Crippen molar-refractivity contribution in [2.45, 2.75) is 6.18 Å². The van der Waals surface area contributed by atoms with Crippen LogP contribution in [-0.4, -0.2) is 49.3 Å². The topological polar surface area (TPSA) is 52.7 Å². The van der Waals surface area contributed by atoms with Gasteiger partial charge in [0, 0.05) is 32.7 Å². The van der Waals surface area contributed by atoms with Crippen molar-refractivity contribution in [3.63, 3.8) is 0 Å². The van der Waals surface area contributed by atoms with E-state index in [4.69, 9.17) is 10.8 Å². The zero-order chi connectivity index (χ0) is 14.8. The van der Waals surface area contributed by atoms with E-state index >= 15 is 0 Å². The lowest BCUT2D eigenvalue weighted by Crippen LogP contribution is -2.47. The first-order valence-corrected chi connectivity index (χ1v) is 6.46. The molecule has 112 valence electrons. The van der Waals surface area contributed by atoms with Crippen molar-refractivity contribution in [2.75, 3.05) is 50.0 Å². The number of nitrogens with two attached hydrogens (primary N) is 1. The molecular weight excluding hydrogens is 271 g/mol. The molecule has 0 bridgehead atoms. The van der Waals surface area contributed by atoms with Gasteiger partial charge in [0.2, 0.25) is 0 Å². The predicted molar refractivity (Wildman–Crippen MR) is 71.6 cm³/mol. The molecule has 0 saturated carbocycles. The molecule has 0 radical (unpaired) electrons. The van der Waals surface area contributed by atoms with Gasteiger partial charge in [-0.3, -0.25) is 4.90 Å². The minimum absolute atomic E-state index is 0.114. The summed E-state index contributed by atoms with van der Waals surface area (Å²) in [5, 5.41) is 8.87. The number of halogens is 3. The molecule has 0 aliphatic carbocycles. The third-order valence-corrected chi connectivity index (χ3v) is 3.48. The van der Waals surface area contributed by atoms with E-state index in [1.54, 1.807) is 0 Å². The average Bonchev–Trinajstić information content (AvgIpc) is 2.39. The van der Waals surface area contributed by atoms with Gasteiger partial charge in [-0.1, -0.05) is 0 Å². The molecule has 0 amide bonds. The summed E-state index contributed by atoms with van der Waals surface area (Å²) in [6, 6.07) is 3.47. The average molecular weight is 289 g/mol. The summed E-state index contributed by atoms with van der Waals surface area (Å²) < 4.78 is 37.7. The van der Waals surface area contributed by atoms with Crippen molar-refractivity contribution in [3.05, 3.63) is 23.8 Å². The molecule has 1 aliphatic rings. The van der Waals surface area contributed by atoms with Gasteiger partial charge in [0.25, 0.3) is 0 Å². The lowest BCUT2D eigenvalue weighted by atomic mass is 10.1. The Balaban J connectivity index is 2.07. The number of hydrogen-bond acceptors (Lipinski definition) is 4. The quantitative estimate of drug-likeness (QED) is 0.826. The summed E-state index contributed by atoms with van der Waals surface area (Å²) >= 11 is 0. The lowest BCUT2D eigenvalue weighted by molar-refractivity contribution is -0.137. The van der Waals surface area contributed by atoms with Crippen LogP contribution in [0.1, 0.15) is 5.56 Å². The molecule has 1 aromatic rings. The van der Waals surface area contributed by atoms with Crippen molar-refractivity contribution >= 4 is 11.4 Å². The highest BCUT2D eigenvalue weighted by Gasteiger charge is 2.31. The molecule has 4 nitrogen and oxygen atoms in total. The molecule has 0 spiro atoms. The Morgan fingerprint density at radius 2 is 1.80 bits per heavy atom. The predicted octanol–water partition coefficient (Wildman–Crippen LogP) is 1.40. The summed E-state index contributed by atoms with van der Waals surface area (Å²) in [6.07, 6.45) is -4.37. The minimum Gasteiger partial charge on any atom is -0.397 e. The Bertz CT molecular complexity index is 457. The molecule has 1 aromatic carbocycles. The molecule has 0 atom stereocenters. The van der Waals surface area contributed by atoms with Gasteiger partial charge in [0.15, 0.2) is 0 Å². The normalized spacial score (nSPS) is 17.5. The Morgan fingerprint density at radius 3 is 2.30 bits per heavy atom. The van der Waals surface area contributed by atoms with E-state index < -0.39 is 11.7 Å². The first-order valence-electron chi connectivity index (χ1n) is 6.46. The van der Waals surface area contributed by atoms with Crippen LogP contribution in [0.15, 0.2) is 18.2 Å². The second-order valence-corrected chi connectivity index (χ2v) is 4.82.